The molecular formula is C19H16N2O4. The van der Waals surface area contributed by atoms with Crippen LogP contribution in [0, 0.1) is 0 Å². The summed E-state index contributed by atoms with van der Waals surface area (Å²) in [4.78, 5) is 19.8. The third-order valence-electron chi connectivity index (χ3n) is 3.63. The fraction of sp³-hybridized carbons (Fsp3) is 0.105. The van der Waals surface area contributed by atoms with Gasteiger partial charge in [-0.05, 0) is 24.3 Å². The molecular weight excluding hydrogens is 320 g/mol. The normalized spacial score (nSPS) is 10.3. The minimum Gasteiger partial charge on any atom is -0.497 e. The molecule has 25 heavy (non-hydrogen) atoms. The Labute approximate surface area is 144 Å². The van der Waals surface area contributed by atoms with Crippen molar-refractivity contribution in [1.29, 1.82) is 0 Å². The molecule has 0 aliphatic heterocycles. The third kappa shape index (κ3) is 3.74. The van der Waals surface area contributed by atoms with Gasteiger partial charge in [0.2, 0.25) is 0 Å². The first-order chi connectivity index (χ1) is 12.2. The summed E-state index contributed by atoms with van der Waals surface area (Å²) in [6.07, 6.45) is 3.30. The average Bonchev–Trinajstić information content (AvgIpc) is 2.67. The van der Waals surface area contributed by atoms with E-state index in [0.717, 1.165) is 0 Å². The highest BCUT2D eigenvalue weighted by Crippen LogP contribution is 2.32. The monoisotopic (exact) mass is 336 g/mol. The van der Waals surface area contributed by atoms with Gasteiger partial charge in [-0.3, -0.25) is 0 Å². The van der Waals surface area contributed by atoms with Crippen molar-refractivity contribution in [2.24, 2.45) is 0 Å². The van der Waals surface area contributed by atoms with Gasteiger partial charge in [-0.25, -0.2) is 14.8 Å². The van der Waals surface area contributed by atoms with E-state index in [9.17, 15) is 9.90 Å². The molecule has 0 bridgehead atoms. The summed E-state index contributed by atoms with van der Waals surface area (Å²) in [5.41, 5.74) is 1.50. The molecule has 0 saturated heterocycles. The number of benzene rings is 2. The smallest absolute Gasteiger partial charge is 0.336 e. The Balaban J connectivity index is 1.93. The molecule has 0 fully saturated rings. The third-order valence-corrected chi connectivity index (χ3v) is 3.63. The fourth-order valence-electron chi connectivity index (χ4n) is 2.38. The molecule has 6 nitrogen and oxygen atoms in total. The van der Waals surface area contributed by atoms with Gasteiger partial charge in [-0.15, -0.1) is 0 Å². The van der Waals surface area contributed by atoms with Crippen LogP contribution in [0.15, 0.2) is 60.9 Å². The van der Waals surface area contributed by atoms with E-state index in [0.29, 0.717) is 28.5 Å². The molecule has 2 aromatic carbocycles. The molecule has 1 heterocycles. The first-order valence-corrected chi connectivity index (χ1v) is 7.58. The van der Waals surface area contributed by atoms with E-state index in [1.165, 1.54) is 0 Å². The van der Waals surface area contributed by atoms with Crippen molar-refractivity contribution in [2.75, 3.05) is 7.11 Å². The molecule has 0 unspecified atom stereocenters. The molecule has 0 aliphatic rings. The summed E-state index contributed by atoms with van der Waals surface area (Å²) in [5.74, 6) is 0.676. The van der Waals surface area contributed by atoms with Gasteiger partial charge in [0, 0.05) is 24.0 Å². The molecule has 3 rings (SSSR count). The van der Waals surface area contributed by atoms with Crippen molar-refractivity contribution in [2.45, 2.75) is 6.61 Å². The van der Waals surface area contributed by atoms with Gasteiger partial charge < -0.3 is 14.6 Å². The lowest BCUT2D eigenvalue weighted by atomic mass is 10.1. The molecule has 0 amide bonds. The zero-order chi connectivity index (χ0) is 17.6. The lowest BCUT2D eigenvalue weighted by Crippen LogP contribution is -2.06. The van der Waals surface area contributed by atoms with Crippen LogP contribution in [0.2, 0.25) is 0 Å². The van der Waals surface area contributed by atoms with Gasteiger partial charge in [0.1, 0.15) is 18.1 Å². The summed E-state index contributed by atoms with van der Waals surface area (Å²) in [5, 5.41) is 9.28. The van der Waals surface area contributed by atoms with Crippen LogP contribution in [0.1, 0.15) is 15.9 Å². The predicted octanol–water partition coefficient (Wildman–Crippen LogP) is 3.43. The number of rotatable bonds is 6. The molecule has 0 saturated carbocycles. The Morgan fingerprint density at radius 1 is 1.08 bits per heavy atom. The van der Waals surface area contributed by atoms with Gasteiger partial charge in [0.15, 0.2) is 5.82 Å². The Morgan fingerprint density at radius 3 is 2.56 bits per heavy atom. The van der Waals surface area contributed by atoms with Crippen molar-refractivity contribution >= 4 is 5.97 Å². The minimum absolute atomic E-state index is 0.107. The SMILES string of the molecule is COc1ccc(-c2ncccn2)c(OCc2ccccc2C(=O)O)c1. The average molecular weight is 336 g/mol. The molecule has 1 aromatic heterocycles. The van der Waals surface area contributed by atoms with Crippen LogP contribution in [0.5, 0.6) is 11.5 Å². The van der Waals surface area contributed by atoms with Crippen LogP contribution in [-0.4, -0.2) is 28.2 Å². The zero-order valence-corrected chi connectivity index (χ0v) is 13.5. The standard InChI is InChI=1S/C19H16N2O4/c1-24-14-7-8-16(18-20-9-4-10-21-18)17(11-14)25-12-13-5-2-3-6-15(13)19(22)23/h2-11H,12H2,1H3,(H,22,23). The largest absolute Gasteiger partial charge is 0.497 e. The summed E-state index contributed by atoms with van der Waals surface area (Å²) in [6.45, 7) is 0.107. The van der Waals surface area contributed by atoms with Gasteiger partial charge in [-0.1, -0.05) is 18.2 Å². The van der Waals surface area contributed by atoms with Crippen LogP contribution >= 0.6 is 0 Å². The van der Waals surface area contributed by atoms with Crippen molar-refractivity contribution in [3.05, 3.63) is 72.1 Å². The first kappa shape index (κ1) is 16.4. The Hall–Kier alpha value is -3.41. The number of hydrogen-bond acceptors (Lipinski definition) is 5. The van der Waals surface area contributed by atoms with E-state index >= 15 is 0 Å². The highest BCUT2D eigenvalue weighted by atomic mass is 16.5. The molecule has 126 valence electrons. The number of aromatic carboxylic acids is 1. The summed E-state index contributed by atoms with van der Waals surface area (Å²) >= 11 is 0. The van der Waals surface area contributed by atoms with Crippen LogP contribution in [-0.2, 0) is 6.61 Å². The summed E-state index contributed by atoms with van der Waals surface area (Å²) < 4.78 is 11.1. The van der Waals surface area contributed by atoms with E-state index in [1.54, 1.807) is 62.0 Å². The Kier molecular flexibility index (Phi) is 4.89. The first-order valence-electron chi connectivity index (χ1n) is 7.58. The maximum atomic E-state index is 11.3. The molecule has 1 N–H and O–H groups in total. The van der Waals surface area contributed by atoms with Crippen LogP contribution in [0.4, 0.5) is 0 Å². The second-order valence-electron chi connectivity index (χ2n) is 5.19. The molecule has 0 atom stereocenters. The predicted molar refractivity (Wildman–Crippen MR) is 91.8 cm³/mol. The number of methoxy groups -OCH3 is 1. The number of carbonyl (C=O) groups is 1. The van der Waals surface area contributed by atoms with Crippen molar-refractivity contribution in [1.82, 2.24) is 9.97 Å². The highest BCUT2D eigenvalue weighted by molar-refractivity contribution is 5.89. The number of aromatic nitrogens is 2. The van der Waals surface area contributed by atoms with Gasteiger partial charge in [0.25, 0.3) is 0 Å². The van der Waals surface area contributed by atoms with Crippen LogP contribution in [0.25, 0.3) is 11.4 Å². The fourth-order valence-corrected chi connectivity index (χ4v) is 2.38. The molecule has 0 spiro atoms. The summed E-state index contributed by atoms with van der Waals surface area (Å²) in [7, 11) is 1.57. The lowest BCUT2D eigenvalue weighted by Gasteiger charge is -2.13. The van der Waals surface area contributed by atoms with Crippen molar-refractivity contribution < 1.29 is 19.4 Å². The van der Waals surface area contributed by atoms with Crippen molar-refractivity contribution in [3.63, 3.8) is 0 Å². The maximum Gasteiger partial charge on any atom is 0.336 e. The number of carboxylic acids is 1. The quantitative estimate of drug-likeness (QED) is 0.743. The van der Waals surface area contributed by atoms with Gasteiger partial charge in [-0.2, -0.15) is 0 Å². The van der Waals surface area contributed by atoms with E-state index in [-0.39, 0.29) is 12.2 Å². The molecule has 6 heteroatoms. The van der Waals surface area contributed by atoms with E-state index in [4.69, 9.17) is 9.47 Å². The molecule has 0 radical (unpaired) electrons. The maximum absolute atomic E-state index is 11.3. The zero-order valence-electron chi connectivity index (χ0n) is 13.5. The van der Waals surface area contributed by atoms with E-state index < -0.39 is 5.97 Å². The topological polar surface area (TPSA) is 81.5 Å². The number of nitrogens with zero attached hydrogens (tertiary/aromatic N) is 2. The second kappa shape index (κ2) is 7.44. The van der Waals surface area contributed by atoms with E-state index in [1.807, 2.05) is 6.07 Å². The Bertz CT molecular complexity index is 882. The van der Waals surface area contributed by atoms with Gasteiger partial charge in [0.05, 0.1) is 18.2 Å². The van der Waals surface area contributed by atoms with Crippen molar-refractivity contribution in [3.8, 4) is 22.9 Å². The second-order valence-corrected chi connectivity index (χ2v) is 5.19. The summed E-state index contributed by atoms with van der Waals surface area (Å²) in [6, 6.07) is 13.8. The number of hydrogen-bond donors (Lipinski definition) is 1. The van der Waals surface area contributed by atoms with Crippen LogP contribution in [0.3, 0.4) is 0 Å². The van der Waals surface area contributed by atoms with Gasteiger partial charge >= 0.3 is 5.97 Å². The molecule has 0 aliphatic carbocycles. The van der Waals surface area contributed by atoms with Crippen LogP contribution < -0.4 is 9.47 Å². The highest BCUT2D eigenvalue weighted by Gasteiger charge is 2.13. The Morgan fingerprint density at radius 2 is 1.84 bits per heavy atom. The number of ether oxygens (including phenoxy) is 2. The molecule has 3 aromatic rings. The minimum atomic E-state index is -0.989. The number of carboxylic acid groups (broad SMARTS) is 1. The van der Waals surface area contributed by atoms with E-state index in [2.05, 4.69) is 9.97 Å². The lowest BCUT2D eigenvalue weighted by molar-refractivity contribution is 0.0694.